The van der Waals surface area contributed by atoms with Crippen LogP contribution in [0.15, 0.2) is 23.3 Å². The number of allylic oxidation sites excluding steroid dienone is 2. The van der Waals surface area contributed by atoms with Crippen molar-refractivity contribution in [3.63, 3.8) is 0 Å². The fourth-order valence-electron chi connectivity index (χ4n) is 5.43. The summed E-state index contributed by atoms with van der Waals surface area (Å²) in [6.45, 7) is 11.1. The topological polar surface area (TPSA) is 40.5 Å². The third kappa shape index (κ3) is 2.39. The molecular formula is C20H32O2. The summed E-state index contributed by atoms with van der Waals surface area (Å²) in [7, 11) is 0. The van der Waals surface area contributed by atoms with Crippen molar-refractivity contribution in [3.05, 3.63) is 23.3 Å². The molecule has 124 valence electrons. The Morgan fingerprint density at radius 3 is 2.59 bits per heavy atom. The number of hydrogen-bond donors (Lipinski definition) is 2. The molecule has 3 aliphatic rings. The van der Waals surface area contributed by atoms with E-state index in [1.54, 1.807) is 0 Å². The quantitative estimate of drug-likeness (QED) is 0.658. The molecule has 3 aliphatic carbocycles. The SMILES string of the molecule is C=C1CCCC(C)CCC2=C(C)[C@@H]3[C@H]1C[C@@H](O)[C@]3(C)[C@@H](O)C2. The minimum atomic E-state index is -0.417. The van der Waals surface area contributed by atoms with Crippen LogP contribution in [0.3, 0.4) is 0 Å². The van der Waals surface area contributed by atoms with Crippen LogP contribution in [-0.4, -0.2) is 22.4 Å². The lowest BCUT2D eigenvalue weighted by Crippen LogP contribution is -2.47. The molecule has 0 heterocycles. The van der Waals surface area contributed by atoms with Gasteiger partial charge in [0.05, 0.1) is 12.2 Å². The molecule has 0 aromatic heterocycles. The minimum absolute atomic E-state index is 0.280. The van der Waals surface area contributed by atoms with Gasteiger partial charge in [-0.05, 0) is 63.2 Å². The van der Waals surface area contributed by atoms with E-state index in [1.807, 2.05) is 0 Å². The summed E-state index contributed by atoms with van der Waals surface area (Å²) < 4.78 is 0. The van der Waals surface area contributed by atoms with Gasteiger partial charge in [0, 0.05) is 5.41 Å². The highest BCUT2D eigenvalue weighted by molar-refractivity contribution is 5.32. The summed E-state index contributed by atoms with van der Waals surface area (Å²) in [5, 5.41) is 21.5. The smallest absolute Gasteiger partial charge is 0.0661 e. The molecule has 22 heavy (non-hydrogen) atoms. The highest BCUT2D eigenvalue weighted by Crippen LogP contribution is 2.59. The third-order valence-electron chi connectivity index (χ3n) is 7.11. The van der Waals surface area contributed by atoms with E-state index in [-0.39, 0.29) is 11.3 Å². The van der Waals surface area contributed by atoms with Gasteiger partial charge in [-0.15, -0.1) is 0 Å². The molecule has 2 heteroatoms. The number of hydrogen-bond acceptors (Lipinski definition) is 2. The average Bonchev–Trinajstić information content (AvgIpc) is 2.74. The van der Waals surface area contributed by atoms with Crippen LogP contribution < -0.4 is 0 Å². The maximum absolute atomic E-state index is 10.8. The van der Waals surface area contributed by atoms with E-state index < -0.39 is 12.2 Å². The van der Waals surface area contributed by atoms with Crippen molar-refractivity contribution < 1.29 is 10.2 Å². The lowest BCUT2D eigenvalue weighted by molar-refractivity contribution is -0.0643. The van der Waals surface area contributed by atoms with E-state index in [0.29, 0.717) is 5.92 Å². The highest BCUT2D eigenvalue weighted by atomic mass is 16.3. The number of aliphatic hydroxyl groups excluding tert-OH is 2. The van der Waals surface area contributed by atoms with Crippen LogP contribution in [0.4, 0.5) is 0 Å². The average molecular weight is 304 g/mol. The van der Waals surface area contributed by atoms with E-state index >= 15 is 0 Å². The molecule has 0 aliphatic heterocycles. The molecule has 1 saturated carbocycles. The molecule has 0 amide bonds. The Kier molecular flexibility index (Phi) is 4.28. The second kappa shape index (κ2) is 5.79. The molecule has 0 radical (unpaired) electrons. The highest BCUT2D eigenvalue weighted by Gasteiger charge is 2.58. The maximum Gasteiger partial charge on any atom is 0.0661 e. The summed E-state index contributed by atoms with van der Waals surface area (Å²) >= 11 is 0. The molecule has 2 nitrogen and oxygen atoms in total. The lowest BCUT2D eigenvalue weighted by Gasteiger charge is -2.46. The Labute approximate surface area is 135 Å². The third-order valence-corrected chi connectivity index (χ3v) is 7.11. The predicted octanol–water partition coefficient (Wildman–Crippen LogP) is 4.23. The first-order chi connectivity index (χ1) is 10.4. The van der Waals surface area contributed by atoms with Crippen molar-refractivity contribution >= 4 is 0 Å². The summed E-state index contributed by atoms with van der Waals surface area (Å²) in [6.07, 6.45) is 6.60. The van der Waals surface area contributed by atoms with E-state index in [1.165, 1.54) is 36.0 Å². The van der Waals surface area contributed by atoms with Crippen LogP contribution in [-0.2, 0) is 0 Å². The van der Waals surface area contributed by atoms with Gasteiger partial charge < -0.3 is 10.2 Å². The van der Waals surface area contributed by atoms with E-state index in [4.69, 9.17) is 0 Å². The van der Waals surface area contributed by atoms with Gasteiger partial charge in [0.25, 0.3) is 0 Å². The van der Waals surface area contributed by atoms with Gasteiger partial charge in [0.1, 0.15) is 0 Å². The van der Waals surface area contributed by atoms with Gasteiger partial charge in [-0.2, -0.15) is 0 Å². The Bertz CT molecular complexity index is 492. The van der Waals surface area contributed by atoms with Crippen molar-refractivity contribution in [2.24, 2.45) is 23.2 Å². The van der Waals surface area contributed by atoms with Crippen molar-refractivity contribution in [2.75, 3.05) is 0 Å². The molecule has 0 spiro atoms. The fraction of sp³-hybridized carbons (Fsp3) is 0.800. The largest absolute Gasteiger partial charge is 0.392 e. The Morgan fingerprint density at radius 2 is 1.86 bits per heavy atom. The molecular weight excluding hydrogens is 272 g/mol. The predicted molar refractivity (Wildman–Crippen MR) is 90.4 cm³/mol. The summed E-state index contributed by atoms with van der Waals surface area (Å²) in [5.41, 5.74) is 3.82. The number of rotatable bonds is 0. The van der Waals surface area contributed by atoms with Gasteiger partial charge in [-0.25, -0.2) is 0 Å². The van der Waals surface area contributed by atoms with Crippen LogP contribution in [0, 0.1) is 23.2 Å². The standard InChI is InChI=1S/C20H32O2/c1-12-6-5-7-13(2)16-11-18(22)20(4)17(21)10-15(9-8-12)14(3)19(16)20/h12,16-19,21-22H,2,5-11H2,1,3-4H3/t12?,16-,17-,18+,19+,20-/m0/s1. The van der Waals surface area contributed by atoms with Crippen LogP contribution >= 0.6 is 0 Å². The first-order valence-electron chi connectivity index (χ1n) is 9.08. The van der Waals surface area contributed by atoms with Crippen molar-refractivity contribution in [1.29, 1.82) is 0 Å². The van der Waals surface area contributed by atoms with Gasteiger partial charge in [0.15, 0.2) is 0 Å². The van der Waals surface area contributed by atoms with Gasteiger partial charge in [0.2, 0.25) is 0 Å². The van der Waals surface area contributed by atoms with E-state index in [2.05, 4.69) is 27.4 Å². The molecule has 0 aromatic carbocycles. The van der Waals surface area contributed by atoms with E-state index in [9.17, 15) is 10.2 Å². The van der Waals surface area contributed by atoms with E-state index in [0.717, 1.165) is 31.6 Å². The maximum atomic E-state index is 10.8. The molecule has 1 fully saturated rings. The van der Waals surface area contributed by atoms with Gasteiger partial charge in [-0.1, -0.05) is 43.6 Å². The zero-order valence-corrected chi connectivity index (χ0v) is 14.4. The first-order valence-corrected chi connectivity index (χ1v) is 9.08. The molecule has 1 unspecified atom stereocenters. The van der Waals surface area contributed by atoms with Gasteiger partial charge in [-0.3, -0.25) is 0 Å². The van der Waals surface area contributed by atoms with Crippen LogP contribution in [0.1, 0.15) is 65.7 Å². The monoisotopic (exact) mass is 304 g/mol. The molecule has 2 N–H and O–H groups in total. The molecule has 0 saturated heterocycles. The molecule has 2 bridgehead atoms. The van der Waals surface area contributed by atoms with Crippen molar-refractivity contribution in [1.82, 2.24) is 0 Å². The fourth-order valence-corrected chi connectivity index (χ4v) is 5.43. The molecule has 0 aromatic rings. The van der Waals surface area contributed by atoms with Crippen molar-refractivity contribution in [3.8, 4) is 0 Å². The molecule has 6 atom stereocenters. The van der Waals surface area contributed by atoms with Gasteiger partial charge >= 0.3 is 0 Å². The summed E-state index contributed by atoms with van der Waals surface area (Å²) in [6, 6.07) is 0. The minimum Gasteiger partial charge on any atom is -0.392 e. The van der Waals surface area contributed by atoms with Crippen LogP contribution in [0.5, 0.6) is 0 Å². The number of aliphatic hydroxyl groups is 2. The van der Waals surface area contributed by atoms with Crippen LogP contribution in [0.25, 0.3) is 0 Å². The zero-order chi connectivity index (χ0) is 16.1. The Morgan fingerprint density at radius 1 is 1.14 bits per heavy atom. The van der Waals surface area contributed by atoms with Crippen molar-refractivity contribution in [2.45, 2.75) is 77.9 Å². The summed E-state index contributed by atoms with van der Waals surface area (Å²) in [4.78, 5) is 0. The van der Waals surface area contributed by atoms with Crippen LogP contribution in [0.2, 0.25) is 0 Å². The first kappa shape index (κ1) is 16.3. The summed E-state index contributed by atoms with van der Waals surface area (Å²) in [5.74, 6) is 1.38. The molecule has 3 rings (SSSR count). The zero-order valence-electron chi connectivity index (χ0n) is 14.4. The Balaban J connectivity index is 2.04. The Hall–Kier alpha value is -0.600. The normalized spacial score (nSPS) is 46.6. The second-order valence-electron chi connectivity index (χ2n) is 8.40. The second-order valence-corrected chi connectivity index (χ2v) is 8.40. The lowest BCUT2D eigenvalue weighted by atomic mass is 9.61.